The number of hydrogen-bond acceptors (Lipinski definition) is 2. The molecule has 2 saturated carbocycles. The SMILES string of the molecule is CC(C)CNC1CCC(CC(C)CN(C)C2CCCCC2)CC1. The van der Waals surface area contributed by atoms with Crippen molar-refractivity contribution in [3.63, 3.8) is 0 Å². The summed E-state index contributed by atoms with van der Waals surface area (Å²) in [4.78, 5) is 2.68. The van der Waals surface area contributed by atoms with Gasteiger partial charge >= 0.3 is 0 Å². The molecule has 1 atom stereocenters. The van der Waals surface area contributed by atoms with E-state index in [4.69, 9.17) is 0 Å². The van der Waals surface area contributed by atoms with Gasteiger partial charge in [0, 0.05) is 18.6 Å². The zero-order valence-electron chi connectivity index (χ0n) is 16.3. The summed E-state index contributed by atoms with van der Waals surface area (Å²) in [6, 6.07) is 1.68. The molecule has 1 unspecified atom stereocenters. The van der Waals surface area contributed by atoms with E-state index in [1.54, 1.807) is 0 Å². The average molecular weight is 323 g/mol. The van der Waals surface area contributed by atoms with E-state index in [-0.39, 0.29) is 0 Å². The van der Waals surface area contributed by atoms with Crippen molar-refractivity contribution in [2.45, 2.75) is 97.1 Å². The van der Waals surface area contributed by atoms with Crippen molar-refractivity contribution in [2.75, 3.05) is 20.1 Å². The molecule has 2 aliphatic rings. The maximum atomic E-state index is 3.76. The number of hydrogen-bond donors (Lipinski definition) is 1. The highest BCUT2D eigenvalue weighted by Crippen LogP contribution is 2.30. The van der Waals surface area contributed by atoms with Gasteiger partial charge in [-0.15, -0.1) is 0 Å². The third kappa shape index (κ3) is 7.13. The van der Waals surface area contributed by atoms with Crippen LogP contribution in [-0.2, 0) is 0 Å². The van der Waals surface area contributed by atoms with Crippen LogP contribution in [0.15, 0.2) is 0 Å². The first-order valence-corrected chi connectivity index (χ1v) is 10.5. The molecule has 0 heterocycles. The van der Waals surface area contributed by atoms with Gasteiger partial charge in [-0.3, -0.25) is 0 Å². The molecule has 0 radical (unpaired) electrons. The Bertz CT molecular complexity index is 301. The Hall–Kier alpha value is -0.0800. The maximum absolute atomic E-state index is 3.76. The molecule has 0 aromatic heterocycles. The number of nitrogens with one attached hydrogen (secondary N) is 1. The minimum absolute atomic E-state index is 0.781. The lowest BCUT2D eigenvalue weighted by Gasteiger charge is -2.35. The van der Waals surface area contributed by atoms with Crippen molar-refractivity contribution in [1.82, 2.24) is 10.2 Å². The van der Waals surface area contributed by atoms with Crippen LogP contribution < -0.4 is 5.32 Å². The van der Waals surface area contributed by atoms with Crippen molar-refractivity contribution >= 4 is 0 Å². The van der Waals surface area contributed by atoms with Crippen LogP contribution in [0.3, 0.4) is 0 Å². The van der Waals surface area contributed by atoms with Crippen LogP contribution in [0, 0.1) is 17.8 Å². The van der Waals surface area contributed by atoms with E-state index in [1.165, 1.54) is 77.3 Å². The largest absolute Gasteiger partial charge is 0.314 e. The van der Waals surface area contributed by atoms with Gasteiger partial charge in [0.05, 0.1) is 0 Å². The zero-order chi connectivity index (χ0) is 16.7. The molecule has 0 amide bonds. The van der Waals surface area contributed by atoms with Crippen LogP contribution in [0.25, 0.3) is 0 Å². The van der Waals surface area contributed by atoms with E-state index >= 15 is 0 Å². The third-order valence-electron chi connectivity index (χ3n) is 6.19. The number of nitrogens with zero attached hydrogens (tertiary/aromatic N) is 1. The van der Waals surface area contributed by atoms with Crippen molar-refractivity contribution in [3.8, 4) is 0 Å². The van der Waals surface area contributed by atoms with Crippen molar-refractivity contribution in [2.24, 2.45) is 17.8 Å². The predicted molar refractivity (Wildman–Crippen MR) is 102 cm³/mol. The standard InChI is InChI=1S/C21H42N2/c1-17(2)15-22-20-12-10-19(11-13-20)14-18(3)16-23(4)21-8-6-5-7-9-21/h17-22H,5-16H2,1-4H3. The second-order valence-electron chi connectivity index (χ2n) is 9.09. The molecule has 0 bridgehead atoms. The summed E-state index contributed by atoms with van der Waals surface area (Å²) in [7, 11) is 2.37. The normalized spacial score (nSPS) is 28.4. The van der Waals surface area contributed by atoms with Crippen molar-refractivity contribution < 1.29 is 0 Å². The Morgan fingerprint density at radius 2 is 1.57 bits per heavy atom. The van der Waals surface area contributed by atoms with Crippen molar-refractivity contribution in [1.29, 1.82) is 0 Å². The Balaban J connectivity index is 1.61. The summed E-state index contributed by atoms with van der Waals surface area (Å²) < 4.78 is 0. The number of rotatable bonds is 8. The summed E-state index contributed by atoms with van der Waals surface area (Å²) >= 11 is 0. The molecule has 0 aromatic rings. The predicted octanol–water partition coefficient (Wildman–Crippen LogP) is 5.08. The van der Waals surface area contributed by atoms with Gasteiger partial charge in [-0.2, -0.15) is 0 Å². The molecule has 2 fully saturated rings. The summed E-state index contributed by atoms with van der Waals surface area (Å²) in [6.07, 6.45) is 14.4. The van der Waals surface area contributed by atoms with Crippen LogP contribution >= 0.6 is 0 Å². The molecule has 23 heavy (non-hydrogen) atoms. The van der Waals surface area contributed by atoms with E-state index in [0.29, 0.717) is 0 Å². The molecule has 2 aliphatic carbocycles. The first kappa shape index (κ1) is 19.2. The summed E-state index contributed by atoms with van der Waals surface area (Å²) in [6.45, 7) is 9.61. The quantitative estimate of drug-likeness (QED) is 0.670. The monoisotopic (exact) mass is 322 g/mol. The second kappa shape index (κ2) is 10.0. The molecule has 2 heteroatoms. The Morgan fingerprint density at radius 3 is 2.17 bits per heavy atom. The third-order valence-corrected chi connectivity index (χ3v) is 6.19. The summed E-state index contributed by atoms with van der Waals surface area (Å²) in [5, 5.41) is 3.76. The highest BCUT2D eigenvalue weighted by molar-refractivity contribution is 4.80. The Morgan fingerprint density at radius 1 is 0.913 bits per heavy atom. The van der Waals surface area contributed by atoms with Gasteiger partial charge < -0.3 is 10.2 Å². The smallest absolute Gasteiger partial charge is 0.00923 e. The summed E-state index contributed by atoms with van der Waals surface area (Å²) in [5.41, 5.74) is 0. The van der Waals surface area contributed by atoms with Gasteiger partial charge in [0.15, 0.2) is 0 Å². The van der Waals surface area contributed by atoms with E-state index in [9.17, 15) is 0 Å². The fraction of sp³-hybridized carbons (Fsp3) is 1.00. The molecule has 0 saturated heterocycles. The van der Waals surface area contributed by atoms with Crippen LogP contribution in [0.5, 0.6) is 0 Å². The second-order valence-corrected chi connectivity index (χ2v) is 9.09. The molecule has 1 N–H and O–H groups in total. The fourth-order valence-electron chi connectivity index (χ4n) is 4.81. The fourth-order valence-corrected chi connectivity index (χ4v) is 4.81. The van der Waals surface area contributed by atoms with Crippen LogP contribution in [-0.4, -0.2) is 37.1 Å². The highest BCUT2D eigenvalue weighted by Gasteiger charge is 2.24. The maximum Gasteiger partial charge on any atom is 0.00923 e. The summed E-state index contributed by atoms with van der Waals surface area (Å²) in [5.74, 6) is 2.64. The van der Waals surface area contributed by atoms with Crippen LogP contribution in [0.2, 0.25) is 0 Å². The molecule has 0 spiro atoms. The van der Waals surface area contributed by atoms with Gasteiger partial charge in [-0.25, -0.2) is 0 Å². The van der Waals surface area contributed by atoms with Gasteiger partial charge in [-0.1, -0.05) is 40.0 Å². The van der Waals surface area contributed by atoms with Gasteiger partial charge in [0.2, 0.25) is 0 Å². The molecular formula is C21H42N2. The van der Waals surface area contributed by atoms with E-state index in [0.717, 1.165) is 29.8 Å². The molecule has 136 valence electrons. The minimum atomic E-state index is 0.781. The molecule has 2 nitrogen and oxygen atoms in total. The highest BCUT2D eigenvalue weighted by atomic mass is 15.1. The molecule has 0 aliphatic heterocycles. The average Bonchev–Trinajstić information content (AvgIpc) is 2.55. The Kier molecular flexibility index (Phi) is 8.40. The van der Waals surface area contributed by atoms with Gasteiger partial charge in [0.25, 0.3) is 0 Å². The van der Waals surface area contributed by atoms with Gasteiger partial charge in [0.1, 0.15) is 0 Å². The molecule has 0 aromatic carbocycles. The van der Waals surface area contributed by atoms with Crippen LogP contribution in [0.1, 0.15) is 85.0 Å². The molecular weight excluding hydrogens is 280 g/mol. The lowest BCUT2D eigenvalue weighted by Crippen LogP contribution is -2.38. The lowest BCUT2D eigenvalue weighted by molar-refractivity contribution is 0.153. The van der Waals surface area contributed by atoms with Crippen LogP contribution in [0.4, 0.5) is 0 Å². The van der Waals surface area contributed by atoms with Gasteiger partial charge in [-0.05, 0) is 76.3 Å². The minimum Gasteiger partial charge on any atom is -0.314 e. The first-order chi connectivity index (χ1) is 11.0. The lowest BCUT2D eigenvalue weighted by atomic mass is 9.80. The first-order valence-electron chi connectivity index (χ1n) is 10.5. The van der Waals surface area contributed by atoms with Crippen molar-refractivity contribution in [3.05, 3.63) is 0 Å². The van der Waals surface area contributed by atoms with E-state index < -0.39 is 0 Å². The van der Waals surface area contributed by atoms with E-state index in [1.807, 2.05) is 0 Å². The Labute approximate surface area is 145 Å². The zero-order valence-corrected chi connectivity index (χ0v) is 16.3. The molecule has 2 rings (SSSR count). The van der Waals surface area contributed by atoms with E-state index in [2.05, 4.69) is 38.0 Å². The topological polar surface area (TPSA) is 15.3 Å².